The van der Waals surface area contributed by atoms with Crippen molar-refractivity contribution in [3.63, 3.8) is 0 Å². The highest BCUT2D eigenvalue weighted by Crippen LogP contribution is 2.09. The summed E-state index contributed by atoms with van der Waals surface area (Å²) in [6, 6.07) is 3.76. The van der Waals surface area contributed by atoms with E-state index in [2.05, 4.69) is 71.4 Å². The van der Waals surface area contributed by atoms with Gasteiger partial charge < -0.3 is 0 Å². The molecule has 3 aromatic rings. The van der Waals surface area contributed by atoms with E-state index in [1.807, 2.05) is 66.1 Å². The Kier molecular flexibility index (Phi) is 32.0. The monoisotopic (exact) mass is 472 g/mol. The van der Waals surface area contributed by atoms with Gasteiger partial charge in [0.25, 0.3) is 0 Å². The molecule has 34 heavy (non-hydrogen) atoms. The fourth-order valence-corrected chi connectivity index (χ4v) is 1.86. The molecule has 0 aliphatic heterocycles. The molecule has 0 saturated heterocycles. The maximum absolute atomic E-state index is 4.07. The largest absolute Gasteiger partial charge is 0.245 e. The lowest BCUT2D eigenvalue weighted by atomic mass is 10.1. The quantitative estimate of drug-likeness (QED) is 0.380. The zero-order valence-corrected chi connectivity index (χ0v) is 23.1. The molecule has 194 valence electrons. The van der Waals surface area contributed by atoms with E-state index in [-0.39, 0.29) is 7.43 Å². The molecule has 0 radical (unpaired) electrons. The summed E-state index contributed by atoms with van der Waals surface area (Å²) >= 11 is 0. The Morgan fingerprint density at radius 3 is 1.32 bits per heavy atom. The van der Waals surface area contributed by atoms with Crippen molar-refractivity contribution in [1.82, 2.24) is 29.9 Å². The average Bonchev–Trinajstić information content (AvgIpc) is 2.90. The lowest BCUT2D eigenvalue weighted by molar-refractivity contribution is 0.774. The molecule has 0 aromatic carbocycles. The van der Waals surface area contributed by atoms with Gasteiger partial charge in [0.1, 0.15) is 18.5 Å². The van der Waals surface area contributed by atoms with E-state index in [0.29, 0.717) is 17.8 Å². The van der Waals surface area contributed by atoms with Gasteiger partial charge in [0.15, 0.2) is 0 Å². The minimum atomic E-state index is 0. The molecule has 0 N–H and O–H groups in total. The van der Waals surface area contributed by atoms with Gasteiger partial charge in [0.05, 0.1) is 0 Å². The van der Waals surface area contributed by atoms with Crippen LogP contribution in [0.1, 0.15) is 125 Å². The molecule has 6 nitrogen and oxygen atoms in total. The fourth-order valence-electron chi connectivity index (χ4n) is 1.86. The van der Waals surface area contributed by atoms with Crippen molar-refractivity contribution in [2.75, 3.05) is 0 Å². The number of nitrogens with zero attached hydrogens (tertiary/aromatic N) is 6. The normalized spacial score (nSPS) is 8.56. The van der Waals surface area contributed by atoms with Crippen LogP contribution < -0.4 is 0 Å². The SMILES string of the molecule is C.CC.CC.CC.CC(C)c1ccncn1.CC(C)c1cncnc1.CC(C)c1ncccn1. The van der Waals surface area contributed by atoms with Gasteiger partial charge in [-0.1, -0.05) is 90.5 Å². The van der Waals surface area contributed by atoms with Crippen LogP contribution in [-0.2, 0) is 0 Å². The number of rotatable bonds is 3. The molecule has 0 aliphatic carbocycles. The van der Waals surface area contributed by atoms with E-state index in [4.69, 9.17) is 0 Å². The minimum absolute atomic E-state index is 0. The third-order valence-corrected chi connectivity index (χ3v) is 3.55. The zero-order valence-electron chi connectivity index (χ0n) is 23.1. The van der Waals surface area contributed by atoms with E-state index in [9.17, 15) is 0 Å². The van der Waals surface area contributed by atoms with Crippen LogP contribution in [0.15, 0.2) is 55.8 Å². The first-order chi connectivity index (χ1) is 15.9. The van der Waals surface area contributed by atoms with Crippen molar-refractivity contribution in [2.45, 2.75) is 108 Å². The van der Waals surface area contributed by atoms with Crippen LogP contribution in [0.3, 0.4) is 0 Å². The van der Waals surface area contributed by atoms with Gasteiger partial charge in [0.2, 0.25) is 0 Å². The van der Waals surface area contributed by atoms with Crippen LogP contribution in [0.25, 0.3) is 0 Å². The van der Waals surface area contributed by atoms with Crippen molar-refractivity contribution in [3.8, 4) is 0 Å². The fraction of sp³-hybridized carbons (Fsp3) is 0.571. The highest BCUT2D eigenvalue weighted by Gasteiger charge is 1.98. The Morgan fingerprint density at radius 2 is 1.06 bits per heavy atom. The second kappa shape index (κ2) is 28.3. The standard InChI is InChI=1S/3C7H10N2.3C2H6.CH4/c1-6(2)7-3-8-5-9-4-7;1-6(2)7-3-4-8-5-9-7;1-6(2)7-8-4-3-5-9-7;3*1-2;/h3*3-6H,1-2H3;3*1-2H3;1H4. The Hall–Kier alpha value is -2.76. The molecule has 3 heterocycles. The van der Waals surface area contributed by atoms with Crippen molar-refractivity contribution in [1.29, 1.82) is 0 Å². The van der Waals surface area contributed by atoms with E-state index >= 15 is 0 Å². The van der Waals surface area contributed by atoms with Crippen molar-refractivity contribution in [3.05, 3.63) is 72.9 Å². The summed E-state index contributed by atoms with van der Waals surface area (Å²) in [5.41, 5.74) is 2.29. The van der Waals surface area contributed by atoms with E-state index in [0.717, 1.165) is 11.5 Å². The summed E-state index contributed by atoms with van der Waals surface area (Å²) < 4.78 is 0. The highest BCUT2D eigenvalue weighted by atomic mass is 14.9. The molecular formula is C28H52N6. The minimum Gasteiger partial charge on any atom is -0.245 e. The molecule has 3 rings (SSSR count). The smallest absolute Gasteiger partial charge is 0.130 e. The van der Waals surface area contributed by atoms with Crippen molar-refractivity contribution >= 4 is 0 Å². The van der Waals surface area contributed by atoms with Gasteiger partial charge in [-0.05, 0) is 29.5 Å². The van der Waals surface area contributed by atoms with Gasteiger partial charge in [-0.3, -0.25) is 0 Å². The Labute approximate surface area is 211 Å². The maximum atomic E-state index is 4.07. The van der Waals surface area contributed by atoms with Crippen LogP contribution in [0.5, 0.6) is 0 Å². The van der Waals surface area contributed by atoms with E-state index < -0.39 is 0 Å². The first-order valence-corrected chi connectivity index (χ1v) is 12.2. The number of hydrogen-bond acceptors (Lipinski definition) is 6. The van der Waals surface area contributed by atoms with Gasteiger partial charge in [-0.15, -0.1) is 0 Å². The van der Waals surface area contributed by atoms with Crippen LogP contribution >= 0.6 is 0 Å². The lowest BCUT2D eigenvalue weighted by Gasteiger charge is -1.99. The zero-order chi connectivity index (χ0) is 26.1. The molecule has 0 bridgehead atoms. The molecule has 3 aromatic heterocycles. The molecule has 0 atom stereocenters. The topological polar surface area (TPSA) is 77.3 Å². The molecule has 0 fully saturated rings. The molecule has 0 spiro atoms. The number of aromatic nitrogens is 6. The molecular weight excluding hydrogens is 420 g/mol. The summed E-state index contributed by atoms with van der Waals surface area (Å²) in [6.45, 7) is 24.6. The average molecular weight is 473 g/mol. The molecule has 6 heteroatoms. The van der Waals surface area contributed by atoms with E-state index in [1.165, 1.54) is 5.56 Å². The third kappa shape index (κ3) is 21.1. The Morgan fingerprint density at radius 1 is 0.559 bits per heavy atom. The molecule has 0 amide bonds. The lowest BCUT2D eigenvalue weighted by Crippen LogP contribution is -1.93. The van der Waals surface area contributed by atoms with Crippen LogP contribution in [0, 0.1) is 0 Å². The first-order valence-electron chi connectivity index (χ1n) is 12.2. The predicted octanol–water partition coefficient (Wildman–Crippen LogP) is 8.51. The summed E-state index contributed by atoms with van der Waals surface area (Å²) in [5.74, 6) is 2.39. The Balaban J connectivity index is -0.000000176. The predicted molar refractivity (Wildman–Crippen MR) is 149 cm³/mol. The molecule has 0 saturated carbocycles. The summed E-state index contributed by atoms with van der Waals surface area (Å²) in [5, 5.41) is 0. The maximum Gasteiger partial charge on any atom is 0.130 e. The second-order valence-electron chi connectivity index (χ2n) is 6.88. The van der Waals surface area contributed by atoms with Gasteiger partial charge >= 0.3 is 0 Å². The van der Waals surface area contributed by atoms with Gasteiger partial charge in [0, 0.05) is 42.6 Å². The van der Waals surface area contributed by atoms with Crippen LogP contribution in [-0.4, -0.2) is 29.9 Å². The van der Waals surface area contributed by atoms with Crippen LogP contribution in [0.4, 0.5) is 0 Å². The Bertz CT molecular complexity index is 614. The van der Waals surface area contributed by atoms with Gasteiger partial charge in [-0.2, -0.15) is 0 Å². The van der Waals surface area contributed by atoms with Gasteiger partial charge in [-0.25, -0.2) is 29.9 Å². The molecule has 0 aliphatic rings. The van der Waals surface area contributed by atoms with Crippen molar-refractivity contribution in [2.24, 2.45) is 0 Å². The second-order valence-corrected chi connectivity index (χ2v) is 6.88. The molecule has 0 unspecified atom stereocenters. The number of hydrogen-bond donors (Lipinski definition) is 0. The highest BCUT2D eigenvalue weighted by molar-refractivity contribution is 5.06. The van der Waals surface area contributed by atoms with Crippen LogP contribution in [0.2, 0.25) is 0 Å². The third-order valence-electron chi connectivity index (χ3n) is 3.55. The summed E-state index contributed by atoms with van der Waals surface area (Å²) in [6.07, 6.45) is 12.1. The van der Waals surface area contributed by atoms with Crippen molar-refractivity contribution < 1.29 is 0 Å². The summed E-state index contributed by atoms with van der Waals surface area (Å²) in [7, 11) is 0. The first kappa shape index (κ1) is 38.5. The summed E-state index contributed by atoms with van der Waals surface area (Å²) in [4.78, 5) is 23.8. The van der Waals surface area contributed by atoms with E-state index in [1.54, 1.807) is 31.2 Å².